The Bertz CT molecular complexity index is 3960. The number of nitrogens with zero attached hydrogens (tertiary/aromatic N) is 8. The fraction of sp³-hybridized carbons (Fsp3) is 0.379. The lowest BCUT2D eigenvalue weighted by molar-refractivity contribution is -0.145. The third kappa shape index (κ3) is 16.7. The number of carbonyl (C=O) groups excluding carboxylic acids is 9. The molecule has 91 heavy (non-hydrogen) atoms. The van der Waals surface area contributed by atoms with Gasteiger partial charge in [0.2, 0.25) is 5.91 Å². The molecule has 6 N–H and O–H groups in total. The van der Waals surface area contributed by atoms with E-state index in [0.29, 0.717) is 37.0 Å². The van der Waals surface area contributed by atoms with Crippen LogP contribution in [-0.2, 0) is 33.3 Å². The van der Waals surface area contributed by atoms with Crippen molar-refractivity contribution in [3.8, 4) is 43.4 Å². The summed E-state index contributed by atoms with van der Waals surface area (Å²) in [5, 5.41) is 36.0. The summed E-state index contributed by atoms with van der Waals surface area (Å²) in [6.07, 6.45) is -1.71. The number of thiazole rings is 6. The highest BCUT2D eigenvalue weighted by Gasteiger charge is 2.48. The number of imide groups is 1. The number of aliphatic hydroxyl groups is 1. The lowest BCUT2D eigenvalue weighted by Crippen LogP contribution is -2.52. The summed E-state index contributed by atoms with van der Waals surface area (Å²) in [7, 11) is 0. The number of rotatable bonds is 23. The first-order valence-corrected chi connectivity index (χ1v) is 33.3. The molecular weight excluding hydrogens is 1300 g/mol. The van der Waals surface area contributed by atoms with Crippen molar-refractivity contribution in [1.82, 2.24) is 66.4 Å². The second-order valence-corrected chi connectivity index (χ2v) is 26.6. The Balaban J connectivity index is 1.02. The van der Waals surface area contributed by atoms with Crippen LogP contribution >= 0.6 is 68.0 Å². The first-order valence-electron chi connectivity index (χ1n) is 28.0. The molecule has 8 rings (SSSR count). The third-order valence-corrected chi connectivity index (χ3v) is 18.2. The number of cyclic esters (lactones) is 1. The van der Waals surface area contributed by atoms with E-state index in [1.807, 2.05) is 13.8 Å². The van der Waals surface area contributed by atoms with Crippen molar-refractivity contribution in [2.75, 3.05) is 13.2 Å². The van der Waals surface area contributed by atoms with Gasteiger partial charge >= 0.3 is 24.1 Å². The number of pyridine rings is 1. The van der Waals surface area contributed by atoms with E-state index in [2.05, 4.69) is 46.5 Å². The maximum atomic E-state index is 14.1. The van der Waals surface area contributed by atoms with Gasteiger partial charge in [-0.25, -0.2) is 49.3 Å². The molecule has 0 bridgehead atoms. The van der Waals surface area contributed by atoms with Crippen LogP contribution < -0.4 is 26.6 Å². The fourth-order valence-electron chi connectivity index (χ4n) is 8.52. The highest BCUT2D eigenvalue weighted by Crippen LogP contribution is 2.41. The largest absolute Gasteiger partial charge is 0.461 e. The van der Waals surface area contributed by atoms with E-state index in [1.165, 1.54) is 58.7 Å². The molecule has 7 aromatic rings. The number of esters is 2. The molecule has 0 spiro atoms. The van der Waals surface area contributed by atoms with Crippen molar-refractivity contribution in [1.29, 1.82) is 0 Å². The summed E-state index contributed by atoms with van der Waals surface area (Å²) in [5.41, 5.74) is 0.991. The molecule has 1 aliphatic heterocycles. The van der Waals surface area contributed by atoms with Gasteiger partial charge in [-0.15, -0.1) is 68.0 Å². The number of amides is 7. The zero-order chi connectivity index (χ0) is 66.2. The van der Waals surface area contributed by atoms with E-state index in [4.69, 9.17) is 33.9 Å². The predicted molar refractivity (Wildman–Crippen MR) is 341 cm³/mol. The smallest absolute Gasteiger partial charge is 0.420 e. The molecular formula is C58H63N13O14S6. The van der Waals surface area contributed by atoms with Crippen molar-refractivity contribution in [3.63, 3.8) is 0 Å². The number of aliphatic hydroxyl groups excluding tert-OH is 1. The van der Waals surface area contributed by atoms with E-state index >= 15 is 0 Å². The first-order chi connectivity index (χ1) is 43.2. The summed E-state index contributed by atoms with van der Waals surface area (Å²) in [6.45, 7) is 19.7. The quantitative estimate of drug-likeness (QED) is 0.0197. The Hall–Kier alpha value is -8.60. The molecule has 0 radical (unpaired) electrons. The highest BCUT2D eigenvalue weighted by atomic mass is 32.1. The minimum atomic E-state index is -1.52. The second kappa shape index (κ2) is 29.6. The SMILES string of the molecule is C/C=C(\NC(=O)c1csc(-c2csc(-c3ccc(-c4nc(C(=O)N[C@H](C(=O)N/C(=C\C)c5nc(C(=O)N[C@H](c6nc(C(=O)OCC)cs6)C(C)C)cs5)[C@@H](C)O)cs4)c(-c4csc([C@@H]5[C@@H](C)OC(=O)N5C(=O)OC(C)(C)C)n4)n3)n2)n1)C(=O)NC[C@@H](C)OC(C)=O. The van der Waals surface area contributed by atoms with Crippen molar-refractivity contribution in [3.05, 3.63) is 100 Å². The minimum absolute atomic E-state index is 0.0130. The Morgan fingerprint density at radius 3 is 2.03 bits per heavy atom. The average Bonchev–Trinajstić information content (AvgIpc) is 1.75. The summed E-state index contributed by atoms with van der Waals surface area (Å²) in [6, 6.07) is 0.318. The van der Waals surface area contributed by atoms with Crippen LogP contribution in [0.25, 0.3) is 49.1 Å². The van der Waals surface area contributed by atoms with Crippen molar-refractivity contribution in [2.45, 2.75) is 125 Å². The monoisotopic (exact) mass is 1360 g/mol. The molecule has 7 aromatic heterocycles. The third-order valence-electron chi connectivity index (χ3n) is 12.8. The molecule has 6 atom stereocenters. The van der Waals surface area contributed by atoms with Crippen LogP contribution in [0.1, 0.15) is 152 Å². The number of hydrogen-bond donors (Lipinski definition) is 6. The normalized spacial score (nSPS) is 15.7. The molecule has 480 valence electrons. The Morgan fingerprint density at radius 1 is 0.725 bits per heavy atom. The van der Waals surface area contributed by atoms with Gasteiger partial charge < -0.3 is 50.6 Å². The van der Waals surface area contributed by atoms with Crippen molar-refractivity contribution in [2.24, 2.45) is 5.92 Å². The van der Waals surface area contributed by atoms with Crippen LogP contribution in [0.2, 0.25) is 0 Å². The van der Waals surface area contributed by atoms with Gasteiger partial charge in [-0.3, -0.25) is 28.8 Å². The van der Waals surface area contributed by atoms with Gasteiger partial charge in [0, 0.05) is 44.8 Å². The van der Waals surface area contributed by atoms with E-state index in [1.54, 1.807) is 89.7 Å². The maximum absolute atomic E-state index is 14.1. The molecule has 0 saturated carbocycles. The maximum Gasteiger partial charge on any atom is 0.420 e. The molecule has 8 heterocycles. The number of carbonyl (C=O) groups is 9. The van der Waals surface area contributed by atoms with Gasteiger partial charge in [0.1, 0.15) is 99.8 Å². The zero-order valence-electron chi connectivity index (χ0n) is 51.0. The number of aromatic nitrogens is 7. The van der Waals surface area contributed by atoms with Crippen LogP contribution in [0.5, 0.6) is 0 Å². The van der Waals surface area contributed by atoms with Crippen LogP contribution in [0, 0.1) is 5.92 Å². The fourth-order valence-corrected chi connectivity index (χ4v) is 13.8. The Kier molecular flexibility index (Phi) is 22.2. The predicted octanol–water partition coefficient (Wildman–Crippen LogP) is 8.97. The molecule has 7 amide bonds. The van der Waals surface area contributed by atoms with Gasteiger partial charge in [0.25, 0.3) is 23.6 Å². The van der Waals surface area contributed by atoms with Gasteiger partial charge in [-0.05, 0) is 80.4 Å². The molecule has 1 aliphatic rings. The van der Waals surface area contributed by atoms with Crippen molar-refractivity contribution < 1.29 is 67.2 Å². The lowest BCUT2D eigenvalue weighted by Gasteiger charge is -2.25. The Morgan fingerprint density at radius 2 is 1.36 bits per heavy atom. The summed E-state index contributed by atoms with van der Waals surface area (Å²) in [4.78, 5) is 152. The van der Waals surface area contributed by atoms with Crippen LogP contribution in [0.4, 0.5) is 9.59 Å². The molecule has 0 aliphatic carbocycles. The van der Waals surface area contributed by atoms with E-state index < -0.39 is 95.7 Å². The minimum Gasteiger partial charge on any atom is -0.461 e. The number of nitrogens with one attached hydrogen (secondary N) is 5. The summed E-state index contributed by atoms with van der Waals surface area (Å²) in [5.74, 6) is -4.60. The zero-order valence-corrected chi connectivity index (χ0v) is 55.9. The molecule has 1 saturated heterocycles. The number of hydrogen-bond acceptors (Lipinski definition) is 27. The first kappa shape index (κ1) is 68.3. The van der Waals surface area contributed by atoms with Gasteiger partial charge in [0.15, 0.2) is 5.69 Å². The number of ether oxygens (including phenoxy) is 4. The van der Waals surface area contributed by atoms with Gasteiger partial charge in [0.05, 0.1) is 36.7 Å². The second-order valence-electron chi connectivity index (χ2n) is 21.4. The van der Waals surface area contributed by atoms with Crippen LogP contribution in [0.15, 0.2) is 62.3 Å². The standard InChI is InChI=1S/C58H63N13O14S6/c1-13-31(44(74)59-18-26(6)83-29(9)73)61-45(75)35-21-88-52(66-35)38-23-89-51(67-38)33-17-16-30(42(60-33)34-19-91-54(63-34)43-28(8)84-56(80)71(43)57(81)85-58(10,11)12)49-64-36(20-86-49)47(77)70-41(27(7)72)48(78)62-32(14-2)50-65-37(22-87-50)46(76)69-40(25(4)5)53-68-39(24-90-53)55(79)82-15-3/h13-14,16-17,19-28,40-41,43,72H,15,18H2,1-12H3,(H,59,74)(H,61,75)(H,62,78)(H,69,76)(H,70,77)/b31-13-,32-14-/t26-,27-,28-,40+,41+,43+/m1/s1. The summed E-state index contributed by atoms with van der Waals surface area (Å²) >= 11 is 6.86. The summed E-state index contributed by atoms with van der Waals surface area (Å²) < 4.78 is 21.2. The Labute approximate surface area is 545 Å². The number of allylic oxidation sites excluding steroid dienone is 2. The van der Waals surface area contributed by atoms with Crippen LogP contribution in [0.3, 0.4) is 0 Å². The topological polar surface area (TPSA) is 364 Å². The molecule has 27 nitrogen and oxygen atoms in total. The van der Waals surface area contributed by atoms with Gasteiger partial charge in [-0.1, -0.05) is 26.0 Å². The van der Waals surface area contributed by atoms with Crippen molar-refractivity contribution >= 4 is 127 Å². The molecule has 33 heteroatoms. The van der Waals surface area contributed by atoms with E-state index in [-0.39, 0.29) is 74.6 Å². The van der Waals surface area contributed by atoms with Gasteiger partial charge in [-0.2, -0.15) is 4.90 Å². The highest BCUT2D eigenvalue weighted by molar-refractivity contribution is 7.15. The average molecular weight is 1360 g/mol. The molecule has 1 fully saturated rings. The van der Waals surface area contributed by atoms with E-state index in [0.717, 1.165) is 50.2 Å². The lowest BCUT2D eigenvalue weighted by atomic mass is 10.1. The molecule has 0 unspecified atom stereocenters. The van der Waals surface area contributed by atoms with Crippen LogP contribution in [-0.4, -0.2) is 142 Å². The molecule has 0 aromatic carbocycles. The van der Waals surface area contributed by atoms with E-state index in [9.17, 15) is 48.3 Å².